The Morgan fingerprint density at radius 3 is 2.61 bits per heavy atom. The van der Waals surface area contributed by atoms with E-state index in [0.29, 0.717) is 19.6 Å². The van der Waals surface area contributed by atoms with E-state index < -0.39 is 18.0 Å². The van der Waals surface area contributed by atoms with E-state index >= 15 is 0 Å². The lowest BCUT2D eigenvalue weighted by Crippen LogP contribution is -2.57. The lowest BCUT2D eigenvalue weighted by Gasteiger charge is -2.38. The third kappa shape index (κ3) is 6.83. The summed E-state index contributed by atoms with van der Waals surface area (Å²) in [5.74, 6) is -0.330. The number of benzene rings is 1. The van der Waals surface area contributed by atoms with E-state index in [9.17, 15) is 14.0 Å². The zero-order chi connectivity index (χ0) is 19.8. The van der Waals surface area contributed by atoms with Crippen molar-refractivity contribution >= 4 is 24.6 Å². The van der Waals surface area contributed by atoms with Crippen molar-refractivity contribution in [2.75, 3.05) is 19.6 Å². The summed E-state index contributed by atoms with van der Waals surface area (Å²) in [4.78, 5) is 25.7. The normalized spacial score (nSPS) is 18.8. The smallest absolute Gasteiger partial charge is 0.412 e. The van der Waals surface area contributed by atoms with Gasteiger partial charge in [-0.2, -0.15) is 0 Å². The highest BCUT2D eigenvalue weighted by molar-refractivity contribution is 5.85. The first-order valence-electron chi connectivity index (χ1n) is 9.32. The van der Waals surface area contributed by atoms with E-state index in [1.54, 1.807) is 4.90 Å². The molecule has 0 aromatic heterocycles. The van der Waals surface area contributed by atoms with Crippen molar-refractivity contribution in [1.82, 2.24) is 15.5 Å². The summed E-state index contributed by atoms with van der Waals surface area (Å²) >= 11 is 0. The van der Waals surface area contributed by atoms with Gasteiger partial charge in [0.2, 0.25) is 0 Å². The van der Waals surface area contributed by atoms with Crippen molar-refractivity contribution in [2.24, 2.45) is 0 Å². The van der Waals surface area contributed by atoms with Crippen LogP contribution in [0.2, 0.25) is 0 Å². The van der Waals surface area contributed by atoms with Gasteiger partial charge in [-0.15, -0.1) is 12.4 Å². The first-order valence-corrected chi connectivity index (χ1v) is 9.32. The number of carbonyl (C=O) groups excluding carboxylic acids is 2. The minimum absolute atomic E-state index is 0. The van der Waals surface area contributed by atoms with E-state index in [0.717, 1.165) is 12.8 Å². The summed E-state index contributed by atoms with van der Waals surface area (Å²) in [6.45, 7) is 7.52. The highest BCUT2D eigenvalue weighted by atomic mass is 35.5. The maximum absolute atomic E-state index is 14.0. The van der Waals surface area contributed by atoms with Gasteiger partial charge in [0.15, 0.2) is 0 Å². The van der Waals surface area contributed by atoms with Crippen molar-refractivity contribution < 1.29 is 23.5 Å². The number of nitrogens with zero attached hydrogens (tertiary/aromatic N) is 1. The molecule has 0 bridgehead atoms. The van der Waals surface area contributed by atoms with Crippen LogP contribution in [-0.2, 0) is 11.3 Å². The van der Waals surface area contributed by atoms with Crippen molar-refractivity contribution in [3.63, 3.8) is 0 Å². The van der Waals surface area contributed by atoms with E-state index in [-0.39, 0.29) is 42.4 Å². The quantitative estimate of drug-likeness (QED) is 0.693. The van der Waals surface area contributed by atoms with Gasteiger partial charge in [0, 0.05) is 37.3 Å². The van der Waals surface area contributed by atoms with Crippen LogP contribution in [0.25, 0.3) is 0 Å². The van der Waals surface area contributed by atoms with Crippen LogP contribution in [0.3, 0.4) is 0 Å². The zero-order valence-corrected chi connectivity index (χ0v) is 17.3. The summed E-state index contributed by atoms with van der Waals surface area (Å²) in [5, 5.41) is 5.85. The Bertz CT molecular complexity index is 652. The van der Waals surface area contributed by atoms with E-state index in [2.05, 4.69) is 10.6 Å². The summed E-state index contributed by atoms with van der Waals surface area (Å²) in [7, 11) is 0. The van der Waals surface area contributed by atoms with Crippen LogP contribution < -0.4 is 15.4 Å². The Hall–Kier alpha value is -2.06. The minimum Gasteiger partial charge on any atom is -0.444 e. The van der Waals surface area contributed by atoms with Gasteiger partial charge in [-0.3, -0.25) is 0 Å². The lowest BCUT2D eigenvalue weighted by atomic mass is 10.1. The van der Waals surface area contributed by atoms with Crippen molar-refractivity contribution in [1.29, 1.82) is 0 Å². The maximum Gasteiger partial charge on any atom is 0.412 e. The van der Waals surface area contributed by atoms with E-state index in [1.165, 1.54) is 18.2 Å². The average molecular weight is 418 g/mol. The Labute approximate surface area is 171 Å². The minimum atomic E-state index is -0.596. The second-order valence-electron chi connectivity index (χ2n) is 6.74. The molecule has 0 aliphatic carbocycles. The van der Waals surface area contributed by atoms with Gasteiger partial charge in [0.1, 0.15) is 18.2 Å². The number of amides is 2. The Balaban J connectivity index is 0.00000392. The second-order valence-corrected chi connectivity index (χ2v) is 6.74. The molecule has 0 saturated carbocycles. The molecule has 0 unspecified atom stereocenters. The van der Waals surface area contributed by atoms with Crippen LogP contribution in [0.5, 0.6) is 5.75 Å². The number of hydrogen-bond donors (Lipinski definition) is 2. The fourth-order valence-electron chi connectivity index (χ4n) is 2.94. The molecule has 2 atom stereocenters. The van der Waals surface area contributed by atoms with Crippen molar-refractivity contribution in [3.8, 4) is 5.75 Å². The fraction of sp³-hybridized carbons (Fsp3) is 0.579. The highest BCUT2D eigenvalue weighted by Crippen LogP contribution is 2.19. The molecular weight excluding hydrogens is 389 g/mol. The van der Waals surface area contributed by atoms with Crippen LogP contribution in [-0.4, -0.2) is 48.8 Å². The third-order valence-electron chi connectivity index (χ3n) is 4.42. The first-order chi connectivity index (χ1) is 12.9. The van der Waals surface area contributed by atoms with Gasteiger partial charge in [-0.05, 0) is 38.5 Å². The number of hydrogen-bond acceptors (Lipinski definition) is 5. The Morgan fingerprint density at radius 1 is 1.29 bits per heavy atom. The highest BCUT2D eigenvalue weighted by Gasteiger charge is 2.30. The molecule has 28 heavy (non-hydrogen) atoms. The molecule has 1 aliphatic rings. The van der Waals surface area contributed by atoms with Gasteiger partial charge in [0.25, 0.3) is 0 Å². The van der Waals surface area contributed by atoms with Gasteiger partial charge < -0.3 is 25.0 Å². The zero-order valence-electron chi connectivity index (χ0n) is 16.5. The monoisotopic (exact) mass is 417 g/mol. The molecule has 1 heterocycles. The van der Waals surface area contributed by atoms with Gasteiger partial charge >= 0.3 is 12.2 Å². The molecule has 7 nitrogen and oxygen atoms in total. The molecule has 1 aliphatic heterocycles. The third-order valence-corrected chi connectivity index (χ3v) is 4.42. The van der Waals surface area contributed by atoms with Crippen LogP contribution in [0.15, 0.2) is 18.2 Å². The van der Waals surface area contributed by atoms with Crippen LogP contribution >= 0.6 is 12.4 Å². The number of carbonyl (C=O) groups is 2. The molecule has 9 heteroatoms. The fourth-order valence-corrected chi connectivity index (χ4v) is 2.94. The largest absolute Gasteiger partial charge is 0.444 e. The molecule has 0 radical (unpaired) electrons. The lowest BCUT2D eigenvalue weighted by molar-refractivity contribution is 0.0557. The molecular formula is C19H29ClFN3O4. The predicted octanol–water partition coefficient (Wildman–Crippen LogP) is 3.45. The van der Waals surface area contributed by atoms with Gasteiger partial charge in [0.05, 0.1) is 0 Å². The molecule has 2 N–H and O–H groups in total. The molecule has 1 fully saturated rings. The first kappa shape index (κ1) is 24.0. The van der Waals surface area contributed by atoms with Crippen molar-refractivity contribution in [3.05, 3.63) is 29.6 Å². The van der Waals surface area contributed by atoms with Gasteiger partial charge in [-0.25, -0.2) is 14.0 Å². The summed E-state index contributed by atoms with van der Waals surface area (Å²) < 4.78 is 24.5. The molecule has 1 aromatic carbocycles. The number of piperazine rings is 1. The molecule has 1 saturated heterocycles. The van der Waals surface area contributed by atoms with E-state index in [4.69, 9.17) is 9.47 Å². The number of ether oxygens (including phenoxy) is 2. The van der Waals surface area contributed by atoms with E-state index in [1.807, 2.05) is 20.8 Å². The number of unbranched alkanes of at least 4 members (excludes halogenated alkanes) is 1. The topological polar surface area (TPSA) is 79.9 Å². The van der Waals surface area contributed by atoms with Crippen LogP contribution in [0, 0.1) is 5.82 Å². The number of halogens is 2. The van der Waals surface area contributed by atoms with Crippen LogP contribution in [0.1, 0.15) is 39.2 Å². The summed E-state index contributed by atoms with van der Waals surface area (Å²) in [6, 6.07) is 3.90. The number of rotatable bonds is 6. The average Bonchev–Trinajstić information content (AvgIpc) is 2.62. The van der Waals surface area contributed by atoms with Crippen molar-refractivity contribution in [2.45, 2.75) is 52.3 Å². The number of nitrogens with one attached hydrogen (secondary N) is 2. The SMILES string of the molecule is CCCCNC(=O)Oc1ccc(F)c(COC(=O)N2[C@H](C)CNC[C@@H]2C)c1.Cl. The predicted molar refractivity (Wildman–Crippen MR) is 106 cm³/mol. The summed E-state index contributed by atoms with van der Waals surface area (Å²) in [6.07, 6.45) is 0.722. The molecule has 2 amide bonds. The summed E-state index contributed by atoms with van der Waals surface area (Å²) in [5.41, 5.74) is 0.151. The molecule has 158 valence electrons. The molecule has 1 aromatic rings. The van der Waals surface area contributed by atoms with Crippen LogP contribution in [0.4, 0.5) is 14.0 Å². The molecule has 2 rings (SSSR count). The van der Waals surface area contributed by atoms with Gasteiger partial charge in [-0.1, -0.05) is 13.3 Å². The second kappa shape index (κ2) is 11.7. The molecule has 0 spiro atoms. The maximum atomic E-state index is 14.0. The Kier molecular flexibility index (Phi) is 10.0. The Morgan fingerprint density at radius 2 is 1.96 bits per heavy atom. The standard InChI is InChI=1S/C19H28FN3O4.ClH/c1-4-5-8-22-18(24)27-16-6-7-17(20)15(9-16)12-26-19(25)23-13(2)10-21-11-14(23)3;/h6-7,9,13-14,21H,4-5,8,10-12H2,1-3H3,(H,22,24);1H/t13-,14+;.